The number of amides is 1. The van der Waals surface area contributed by atoms with E-state index in [1.807, 2.05) is 6.07 Å². The summed E-state index contributed by atoms with van der Waals surface area (Å²) in [5.74, 6) is -0.285. The number of aliphatic hydroxyl groups is 1. The van der Waals surface area contributed by atoms with Crippen LogP contribution in [0.3, 0.4) is 0 Å². The van der Waals surface area contributed by atoms with Crippen molar-refractivity contribution in [3.8, 4) is 0 Å². The predicted octanol–water partition coefficient (Wildman–Crippen LogP) is 1.98. The van der Waals surface area contributed by atoms with Crippen molar-refractivity contribution in [3.05, 3.63) is 35.4 Å². The molecular formula is C13H16FNO3. The summed E-state index contributed by atoms with van der Waals surface area (Å²) in [6, 6.07) is 7.18. The summed E-state index contributed by atoms with van der Waals surface area (Å²) in [5, 5.41) is 17.9. The monoisotopic (exact) mass is 253 g/mol. The van der Waals surface area contributed by atoms with Crippen LogP contribution >= 0.6 is 0 Å². The molecule has 1 aliphatic rings. The first kappa shape index (κ1) is 12.8. The third-order valence-electron chi connectivity index (χ3n) is 3.37. The largest absolute Gasteiger partial charge is 0.465 e. The number of hydrogen-bond acceptors (Lipinski definition) is 2. The van der Waals surface area contributed by atoms with Crippen molar-refractivity contribution in [2.75, 3.05) is 13.1 Å². The van der Waals surface area contributed by atoms with E-state index in [2.05, 4.69) is 0 Å². The van der Waals surface area contributed by atoms with E-state index < -0.39 is 12.3 Å². The van der Waals surface area contributed by atoms with Gasteiger partial charge in [-0.15, -0.1) is 0 Å². The minimum absolute atomic E-state index is 0.0707. The van der Waals surface area contributed by atoms with E-state index in [-0.39, 0.29) is 19.1 Å². The molecule has 1 saturated heterocycles. The van der Waals surface area contributed by atoms with Gasteiger partial charge in [-0.2, -0.15) is 0 Å². The topological polar surface area (TPSA) is 60.8 Å². The molecule has 0 aliphatic carbocycles. The van der Waals surface area contributed by atoms with Crippen LogP contribution in [0.2, 0.25) is 0 Å². The van der Waals surface area contributed by atoms with Gasteiger partial charge in [0.2, 0.25) is 0 Å². The number of carbonyl (C=O) groups is 1. The molecule has 18 heavy (non-hydrogen) atoms. The van der Waals surface area contributed by atoms with Crippen LogP contribution in [-0.4, -0.2) is 40.5 Å². The van der Waals surface area contributed by atoms with Gasteiger partial charge in [-0.1, -0.05) is 24.3 Å². The lowest BCUT2D eigenvalue weighted by Crippen LogP contribution is -2.43. The number of halogens is 1. The Morgan fingerprint density at radius 2 is 2.28 bits per heavy atom. The second kappa shape index (κ2) is 5.35. The Morgan fingerprint density at radius 1 is 1.50 bits per heavy atom. The summed E-state index contributed by atoms with van der Waals surface area (Å²) >= 11 is 0. The molecule has 5 heteroatoms. The number of likely N-dealkylation sites (tertiary alicyclic amines) is 1. The molecule has 1 aliphatic heterocycles. The Hall–Kier alpha value is -1.62. The van der Waals surface area contributed by atoms with Gasteiger partial charge in [-0.05, 0) is 17.5 Å². The van der Waals surface area contributed by atoms with Crippen LogP contribution in [0.25, 0.3) is 0 Å². The summed E-state index contributed by atoms with van der Waals surface area (Å²) in [6.45, 7) is 0.200. The molecule has 2 N–H and O–H groups in total. The van der Waals surface area contributed by atoms with Crippen molar-refractivity contribution < 1.29 is 19.4 Å². The van der Waals surface area contributed by atoms with Gasteiger partial charge in [0.1, 0.15) is 6.17 Å². The number of benzene rings is 1. The zero-order chi connectivity index (χ0) is 13.1. The van der Waals surface area contributed by atoms with Gasteiger partial charge in [0, 0.05) is 12.5 Å². The average molecular weight is 253 g/mol. The van der Waals surface area contributed by atoms with E-state index in [9.17, 15) is 9.18 Å². The van der Waals surface area contributed by atoms with E-state index in [4.69, 9.17) is 10.2 Å². The maximum absolute atomic E-state index is 14.0. The molecule has 0 spiro atoms. The quantitative estimate of drug-likeness (QED) is 0.847. The highest BCUT2D eigenvalue weighted by Crippen LogP contribution is 2.31. The minimum atomic E-state index is -1.19. The van der Waals surface area contributed by atoms with Crippen LogP contribution in [0.5, 0.6) is 0 Å². The fraction of sp³-hybridized carbons (Fsp3) is 0.462. The van der Waals surface area contributed by atoms with Crippen molar-refractivity contribution in [2.45, 2.75) is 25.1 Å². The SMILES string of the molecule is O=C(O)N1CCC(c2cccc(CO)c2)C(F)C1. The van der Waals surface area contributed by atoms with Gasteiger partial charge in [-0.25, -0.2) is 9.18 Å². The summed E-state index contributed by atoms with van der Waals surface area (Å²) in [4.78, 5) is 11.9. The van der Waals surface area contributed by atoms with Gasteiger partial charge in [0.25, 0.3) is 0 Å². The Kier molecular flexibility index (Phi) is 3.81. The second-order valence-corrected chi connectivity index (χ2v) is 4.54. The number of carboxylic acid groups (broad SMARTS) is 1. The first-order chi connectivity index (χ1) is 8.61. The van der Waals surface area contributed by atoms with Gasteiger partial charge in [0.15, 0.2) is 0 Å². The molecule has 2 unspecified atom stereocenters. The van der Waals surface area contributed by atoms with Gasteiger partial charge < -0.3 is 15.1 Å². The summed E-state index contributed by atoms with van der Waals surface area (Å²) < 4.78 is 14.0. The Morgan fingerprint density at radius 3 is 2.89 bits per heavy atom. The van der Waals surface area contributed by atoms with Crippen LogP contribution in [0.1, 0.15) is 23.5 Å². The molecule has 0 aromatic heterocycles. The summed E-state index contributed by atoms with van der Waals surface area (Å²) in [7, 11) is 0. The molecule has 1 heterocycles. The van der Waals surface area contributed by atoms with Crippen molar-refractivity contribution in [3.63, 3.8) is 0 Å². The second-order valence-electron chi connectivity index (χ2n) is 4.54. The molecule has 1 fully saturated rings. The van der Waals surface area contributed by atoms with Crippen LogP contribution in [0, 0.1) is 0 Å². The van der Waals surface area contributed by atoms with Gasteiger partial charge in [-0.3, -0.25) is 0 Å². The van der Waals surface area contributed by atoms with E-state index in [1.165, 1.54) is 0 Å². The third-order valence-corrected chi connectivity index (χ3v) is 3.37. The third kappa shape index (κ3) is 2.61. The minimum Gasteiger partial charge on any atom is -0.465 e. The highest BCUT2D eigenvalue weighted by molar-refractivity contribution is 5.65. The Balaban J connectivity index is 2.12. The molecule has 0 bridgehead atoms. The molecule has 2 atom stereocenters. The smallest absolute Gasteiger partial charge is 0.407 e. The molecule has 98 valence electrons. The van der Waals surface area contributed by atoms with Crippen molar-refractivity contribution in [1.29, 1.82) is 0 Å². The van der Waals surface area contributed by atoms with Crippen molar-refractivity contribution in [1.82, 2.24) is 4.90 Å². The van der Waals surface area contributed by atoms with E-state index in [0.29, 0.717) is 13.0 Å². The standard InChI is InChI=1S/C13H16FNO3/c14-12-7-15(13(17)18)5-4-11(12)10-3-1-2-9(6-10)8-16/h1-3,6,11-12,16H,4-5,7-8H2,(H,17,18). The highest BCUT2D eigenvalue weighted by Gasteiger charge is 2.32. The first-order valence-corrected chi connectivity index (χ1v) is 5.93. The molecule has 1 aromatic rings. The zero-order valence-corrected chi connectivity index (χ0v) is 9.92. The number of nitrogens with zero attached hydrogens (tertiary/aromatic N) is 1. The number of piperidine rings is 1. The average Bonchev–Trinajstić information content (AvgIpc) is 2.38. The summed E-state index contributed by atoms with van der Waals surface area (Å²) in [6.07, 6.45) is -1.79. The maximum Gasteiger partial charge on any atom is 0.407 e. The number of hydrogen-bond donors (Lipinski definition) is 2. The summed E-state index contributed by atoms with van der Waals surface area (Å²) in [5.41, 5.74) is 1.58. The fourth-order valence-electron chi connectivity index (χ4n) is 2.38. The molecule has 1 aromatic carbocycles. The molecule has 0 saturated carbocycles. The van der Waals surface area contributed by atoms with Crippen LogP contribution in [0.4, 0.5) is 9.18 Å². The first-order valence-electron chi connectivity index (χ1n) is 5.93. The normalized spacial score (nSPS) is 24.0. The lowest BCUT2D eigenvalue weighted by atomic mass is 9.87. The van der Waals surface area contributed by atoms with E-state index in [1.54, 1.807) is 18.2 Å². The maximum atomic E-state index is 14.0. The van der Waals surface area contributed by atoms with Gasteiger partial charge >= 0.3 is 6.09 Å². The lowest BCUT2D eigenvalue weighted by molar-refractivity contribution is 0.0963. The predicted molar refractivity (Wildman–Crippen MR) is 64.2 cm³/mol. The Bertz CT molecular complexity index is 438. The van der Waals surface area contributed by atoms with Crippen molar-refractivity contribution in [2.24, 2.45) is 0 Å². The lowest BCUT2D eigenvalue weighted by Gasteiger charge is -2.33. The molecule has 4 nitrogen and oxygen atoms in total. The van der Waals surface area contributed by atoms with E-state index >= 15 is 0 Å². The molecular weight excluding hydrogens is 237 g/mol. The van der Waals surface area contributed by atoms with Crippen LogP contribution in [-0.2, 0) is 6.61 Å². The number of alkyl halides is 1. The Labute approximate surface area is 105 Å². The fourth-order valence-corrected chi connectivity index (χ4v) is 2.38. The van der Waals surface area contributed by atoms with Crippen LogP contribution < -0.4 is 0 Å². The van der Waals surface area contributed by atoms with Crippen molar-refractivity contribution >= 4 is 6.09 Å². The van der Waals surface area contributed by atoms with Crippen LogP contribution in [0.15, 0.2) is 24.3 Å². The zero-order valence-electron chi connectivity index (χ0n) is 9.92. The molecule has 0 radical (unpaired) electrons. The van der Waals surface area contributed by atoms with E-state index in [0.717, 1.165) is 16.0 Å². The molecule has 2 rings (SSSR count). The van der Waals surface area contributed by atoms with Gasteiger partial charge in [0.05, 0.1) is 13.2 Å². The highest BCUT2D eigenvalue weighted by atomic mass is 19.1. The number of aliphatic hydroxyl groups excluding tert-OH is 1. The molecule has 1 amide bonds. The number of rotatable bonds is 2.